The molecule has 0 aliphatic heterocycles. The Labute approximate surface area is 212 Å². The van der Waals surface area contributed by atoms with Crippen LogP contribution in [0.3, 0.4) is 0 Å². The number of ketones is 1. The molecule has 1 atom stereocenters. The quantitative estimate of drug-likeness (QED) is 0.291. The van der Waals surface area contributed by atoms with Gasteiger partial charge < -0.3 is 19.7 Å². The summed E-state index contributed by atoms with van der Waals surface area (Å²) < 4.78 is 40.8. The molecule has 0 saturated heterocycles. The van der Waals surface area contributed by atoms with Gasteiger partial charge in [0, 0.05) is 18.0 Å². The fourth-order valence-electron chi connectivity index (χ4n) is 4.24. The molecule has 2 aromatic heterocycles. The molecule has 2 N–H and O–H groups in total. The van der Waals surface area contributed by atoms with Crippen LogP contribution in [0.5, 0.6) is 11.5 Å². The van der Waals surface area contributed by atoms with Gasteiger partial charge in [-0.15, -0.1) is 0 Å². The monoisotopic (exact) mass is 510 g/mol. The second-order valence-corrected chi connectivity index (χ2v) is 9.02. The minimum absolute atomic E-state index is 0.0207. The maximum absolute atomic E-state index is 14.0. The minimum Gasteiger partial charge on any atom is -0.491 e. The number of aliphatic hydroxyl groups excluding tert-OH is 2. The van der Waals surface area contributed by atoms with E-state index in [1.807, 2.05) is 6.07 Å². The number of rotatable bonds is 11. The van der Waals surface area contributed by atoms with Crippen molar-refractivity contribution in [3.8, 4) is 11.5 Å². The van der Waals surface area contributed by atoms with Gasteiger partial charge in [-0.25, -0.2) is 13.8 Å². The van der Waals surface area contributed by atoms with Crippen LogP contribution in [-0.2, 0) is 12.0 Å². The number of benzene rings is 2. The van der Waals surface area contributed by atoms with Gasteiger partial charge in [-0.2, -0.15) is 0 Å². The van der Waals surface area contributed by atoms with Crippen LogP contribution in [0.25, 0.3) is 5.65 Å². The summed E-state index contributed by atoms with van der Waals surface area (Å²) in [7, 11) is 0. The lowest BCUT2D eigenvalue weighted by molar-refractivity contribution is 0.0912. The number of aliphatic hydroxyl groups is 2. The van der Waals surface area contributed by atoms with Gasteiger partial charge >= 0.3 is 0 Å². The van der Waals surface area contributed by atoms with Crippen molar-refractivity contribution < 1.29 is 33.3 Å². The zero-order chi connectivity index (χ0) is 26.6. The van der Waals surface area contributed by atoms with Crippen LogP contribution in [0.4, 0.5) is 8.78 Å². The average Bonchev–Trinajstić information content (AvgIpc) is 3.23. The molecule has 0 aliphatic rings. The highest BCUT2D eigenvalue weighted by Gasteiger charge is 2.32. The van der Waals surface area contributed by atoms with E-state index in [0.717, 1.165) is 12.1 Å². The molecule has 4 rings (SSSR count). The molecule has 4 aromatic rings. The highest BCUT2D eigenvalue weighted by Crippen LogP contribution is 2.33. The first-order valence-corrected chi connectivity index (χ1v) is 11.8. The van der Waals surface area contributed by atoms with Gasteiger partial charge in [-0.05, 0) is 48.9 Å². The lowest BCUT2D eigenvalue weighted by atomic mass is 9.78. The number of hydrogen-bond donors (Lipinski definition) is 2. The smallest absolute Gasteiger partial charge is 0.182 e. The van der Waals surface area contributed by atoms with E-state index < -0.39 is 17.0 Å². The number of aromatic nitrogens is 2. The van der Waals surface area contributed by atoms with E-state index in [-0.39, 0.29) is 49.9 Å². The Morgan fingerprint density at radius 1 is 1.05 bits per heavy atom. The number of ether oxygens (including phenoxy) is 2. The molecular weight excluding hydrogens is 482 g/mol. The van der Waals surface area contributed by atoms with Crippen molar-refractivity contribution in [2.45, 2.75) is 32.3 Å². The van der Waals surface area contributed by atoms with E-state index in [4.69, 9.17) is 14.6 Å². The first-order chi connectivity index (χ1) is 17.8. The van der Waals surface area contributed by atoms with Crippen molar-refractivity contribution in [1.82, 2.24) is 9.38 Å². The number of nitrogens with zero attached hydrogens (tertiary/aromatic N) is 2. The molecule has 0 saturated carbocycles. The third-order valence-corrected chi connectivity index (χ3v) is 6.28. The molecule has 2 heterocycles. The normalized spacial score (nSPS) is 12.9. The number of halogens is 2. The van der Waals surface area contributed by atoms with Crippen LogP contribution in [0.1, 0.15) is 40.7 Å². The van der Waals surface area contributed by atoms with Crippen molar-refractivity contribution in [2.75, 3.05) is 19.8 Å². The zero-order valence-electron chi connectivity index (χ0n) is 20.6. The largest absolute Gasteiger partial charge is 0.491 e. The standard InChI is InChI=1S/C28H28F2N2O5/c1-18-26(24(35)15-28(2,17-34)19-6-3-7-20(14-19)36-13-12-33)32-11-5-10-25(27(32)31-18)37-16-21-22(29)8-4-9-23(21)30/h3-11,14,33-34H,12-13,15-17H2,1-2H3. The van der Waals surface area contributed by atoms with Crippen LogP contribution in [0, 0.1) is 18.6 Å². The Morgan fingerprint density at radius 2 is 1.78 bits per heavy atom. The highest BCUT2D eigenvalue weighted by molar-refractivity contribution is 5.97. The lowest BCUT2D eigenvalue weighted by Gasteiger charge is -2.27. The second-order valence-electron chi connectivity index (χ2n) is 9.02. The van der Waals surface area contributed by atoms with Crippen LogP contribution in [0.2, 0.25) is 0 Å². The second kappa shape index (κ2) is 11.1. The number of Topliss-reactive ketones (excluding diaryl/α,β-unsaturated/α-hetero) is 1. The van der Waals surface area contributed by atoms with Gasteiger partial charge in [0.25, 0.3) is 0 Å². The van der Waals surface area contributed by atoms with Crippen molar-refractivity contribution in [3.05, 3.63) is 94.9 Å². The molecule has 0 aliphatic carbocycles. The van der Waals surface area contributed by atoms with E-state index in [2.05, 4.69) is 4.98 Å². The summed E-state index contributed by atoms with van der Waals surface area (Å²) >= 11 is 0. The van der Waals surface area contributed by atoms with Gasteiger partial charge in [-0.3, -0.25) is 9.20 Å². The number of pyridine rings is 1. The van der Waals surface area contributed by atoms with Gasteiger partial charge in [0.05, 0.1) is 24.5 Å². The maximum Gasteiger partial charge on any atom is 0.182 e. The molecule has 2 aromatic carbocycles. The van der Waals surface area contributed by atoms with Crippen molar-refractivity contribution in [3.63, 3.8) is 0 Å². The van der Waals surface area contributed by atoms with Crippen LogP contribution in [-0.4, -0.2) is 45.2 Å². The molecule has 1 unspecified atom stereocenters. The molecule has 194 valence electrons. The van der Waals surface area contributed by atoms with Gasteiger partial charge in [0.1, 0.15) is 36.3 Å². The molecular formula is C28H28F2N2O5. The summed E-state index contributed by atoms with van der Waals surface area (Å²) in [5, 5.41) is 19.3. The lowest BCUT2D eigenvalue weighted by Crippen LogP contribution is -2.30. The molecule has 0 spiro atoms. The van der Waals surface area contributed by atoms with Crippen LogP contribution >= 0.6 is 0 Å². The van der Waals surface area contributed by atoms with Crippen LogP contribution < -0.4 is 9.47 Å². The van der Waals surface area contributed by atoms with E-state index in [1.165, 1.54) is 6.07 Å². The number of imidazole rings is 1. The van der Waals surface area contributed by atoms with Gasteiger partial charge in [0.2, 0.25) is 0 Å². The Hall–Kier alpha value is -3.82. The topological polar surface area (TPSA) is 93.3 Å². The van der Waals surface area contributed by atoms with E-state index in [9.17, 15) is 18.7 Å². The minimum atomic E-state index is -0.914. The number of aryl methyl sites for hydroxylation is 1. The number of carbonyl (C=O) groups is 1. The third-order valence-electron chi connectivity index (χ3n) is 6.28. The summed E-state index contributed by atoms with van der Waals surface area (Å²) in [4.78, 5) is 18.0. The van der Waals surface area contributed by atoms with Gasteiger partial charge in [0.15, 0.2) is 17.2 Å². The molecule has 0 amide bonds. The molecule has 0 bridgehead atoms. The summed E-state index contributed by atoms with van der Waals surface area (Å²) in [6.07, 6.45) is 1.64. The molecule has 0 fully saturated rings. The number of fused-ring (bicyclic) bond motifs is 1. The maximum atomic E-state index is 14.0. The highest BCUT2D eigenvalue weighted by atomic mass is 19.1. The van der Waals surface area contributed by atoms with Gasteiger partial charge in [-0.1, -0.05) is 25.1 Å². The Bertz CT molecular complexity index is 1400. The third kappa shape index (κ3) is 5.47. The summed E-state index contributed by atoms with van der Waals surface area (Å²) in [5.74, 6) is -0.878. The Kier molecular flexibility index (Phi) is 7.85. The zero-order valence-corrected chi connectivity index (χ0v) is 20.6. The fourth-order valence-corrected chi connectivity index (χ4v) is 4.24. The van der Waals surface area contributed by atoms with E-state index in [0.29, 0.717) is 28.3 Å². The van der Waals surface area contributed by atoms with Crippen LogP contribution in [0.15, 0.2) is 60.8 Å². The molecule has 9 heteroatoms. The first-order valence-electron chi connectivity index (χ1n) is 11.8. The predicted molar refractivity (Wildman–Crippen MR) is 133 cm³/mol. The van der Waals surface area contributed by atoms with E-state index in [1.54, 1.807) is 54.8 Å². The molecule has 0 radical (unpaired) electrons. The number of hydrogen-bond acceptors (Lipinski definition) is 6. The SMILES string of the molecule is Cc1nc2c(OCc3c(F)cccc3F)cccn2c1C(=O)CC(C)(CO)c1cccc(OCCO)c1. The molecule has 7 nitrogen and oxygen atoms in total. The Morgan fingerprint density at radius 3 is 2.49 bits per heavy atom. The number of carbonyl (C=O) groups excluding carboxylic acids is 1. The Balaban J connectivity index is 1.61. The molecule has 37 heavy (non-hydrogen) atoms. The summed E-state index contributed by atoms with van der Waals surface area (Å²) in [6, 6.07) is 13.9. The first kappa shape index (κ1) is 26.2. The summed E-state index contributed by atoms with van der Waals surface area (Å²) in [5.41, 5.74) is 0.714. The fraction of sp³-hybridized carbons (Fsp3) is 0.286. The van der Waals surface area contributed by atoms with Crippen molar-refractivity contribution in [2.24, 2.45) is 0 Å². The van der Waals surface area contributed by atoms with E-state index >= 15 is 0 Å². The summed E-state index contributed by atoms with van der Waals surface area (Å²) in [6.45, 7) is 2.85. The van der Waals surface area contributed by atoms with Crippen molar-refractivity contribution in [1.29, 1.82) is 0 Å². The average molecular weight is 511 g/mol. The van der Waals surface area contributed by atoms with Crippen molar-refractivity contribution >= 4 is 11.4 Å². The predicted octanol–water partition coefficient (Wildman–Crippen LogP) is 4.39.